The number of alkyl halides is 3. The Hall–Kier alpha value is -3.34. The summed E-state index contributed by atoms with van der Waals surface area (Å²) < 4.78 is 51.7. The molecule has 3 aromatic rings. The Kier molecular flexibility index (Phi) is 6.17. The minimum absolute atomic E-state index is 0.178. The van der Waals surface area contributed by atoms with Crippen molar-refractivity contribution in [2.75, 3.05) is 36.9 Å². The van der Waals surface area contributed by atoms with Crippen molar-refractivity contribution in [2.45, 2.75) is 18.7 Å². The number of nitrogens with two attached hydrogens (primary N) is 1. The molecule has 0 spiro atoms. The lowest BCUT2D eigenvalue weighted by atomic mass is 10.2. The van der Waals surface area contributed by atoms with E-state index in [1.54, 1.807) is 10.7 Å². The van der Waals surface area contributed by atoms with Crippen molar-refractivity contribution in [3.63, 3.8) is 0 Å². The van der Waals surface area contributed by atoms with Crippen molar-refractivity contribution in [1.82, 2.24) is 19.7 Å². The summed E-state index contributed by atoms with van der Waals surface area (Å²) in [7, 11) is 1.81. The molecule has 1 atom stereocenters. The molecular formula is C21H23F3N6O2. The molecule has 0 aliphatic carbocycles. The molecule has 0 amide bonds. The molecule has 1 aliphatic heterocycles. The van der Waals surface area contributed by atoms with Gasteiger partial charge in [0.15, 0.2) is 0 Å². The number of rotatable bonds is 6. The molecule has 2 aromatic heterocycles. The predicted molar refractivity (Wildman–Crippen MR) is 111 cm³/mol. The van der Waals surface area contributed by atoms with Crippen LogP contribution in [0.3, 0.4) is 0 Å². The topological polar surface area (TPSA) is 91.3 Å². The van der Waals surface area contributed by atoms with Crippen LogP contribution in [0.5, 0.6) is 5.75 Å². The van der Waals surface area contributed by atoms with Crippen LogP contribution in [0.2, 0.25) is 0 Å². The molecule has 1 saturated heterocycles. The van der Waals surface area contributed by atoms with Crippen LogP contribution in [-0.2, 0) is 24.4 Å². The fourth-order valence-electron chi connectivity index (χ4n) is 3.53. The number of nitrogens with zero attached hydrogens (tertiary/aromatic N) is 5. The van der Waals surface area contributed by atoms with Crippen LogP contribution in [0.4, 0.5) is 24.8 Å². The molecule has 0 radical (unpaired) electrons. The summed E-state index contributed by atoms with van der Waals surface area (Å²) in [6.07, 6.45) is -2.73. The Morgan fingerprint density at radius 2 is 2.06 bits per heavy atom. The molecule has 32 heavy (non-hydrogen) atoms. The van der Waals surface area contributed by atoms with Gasteiger partial charge in [0.05, 0.1) is 31.0 Å². The van der Waals surface area contributed by atoms with Gasteiger partial charge >= 0.3 is 6.18 Å². The third-order valence-corrected chi connectivity index (χ3v) is 5.18. The first-order valence-electron chi connectivity index (χ1n) is 10.1. The summed E-state index contributed by atoms with van der Waals surface area (Å²) in [5.41, 5.74) is 6.69. The van der Waals surface area contributed by atoms with Crippen LogP contribution in [0.25, 0.3) is 0 Å². The number of aromatic nitrogens is 4. The number of aryl methyl sites for hydroxylation is 1. The van der Waals surface area contributed by atoms with E-state index in [9.17, 15) is 13.2 Å². The van der Waals surface area contributed by atoms with Gasteiger partial charge in [-0.25, -0.2) is 9.97 Å². The first kappa shape index (κ1) is 21.9. The zero-order valence-electron chi connectivity index (χ0n) is 17.4. The Bertz CT molecular complexity index is 1070. The van der Waals surface area contributed by atoms with E-state index < -0.39 is 11.7 Å². The van der Waals surface area contributed by atoms with Gasteiger partial charge in [-0.3, -0.25) is 4.68 Å². The normalized spacial score (nSPS) is 16.9. The zero-order valence-corrected chi connectivity index (χ0v) is 17.4. The van der Waals surface area contributed by atoms with Gasteiger partial charge in [-0.05, 0) is 24.3 Å². The smallest absolute Gasteiger partial charge is 0.416 e. The molecule has 1 aliphatic rings. The van der Waals surface area contributed by atoms with E-state index in [0.29, 0.717) is 31.9 Å². The van der Waals surface area contributed by atoms with Crippen LogP contribution < -0.4 is 15.4 Å². The SMILES string of the molecule is Cn1nc([C@H]2CN(c3cc(N)ncn3)CCO2)cc1CCOc1cccc(C(F)(F)F)c1. The molecule has 1 aromatic carbocycles. The Balaban J connectivity index is 1.38. The molecule has 4 rings (SSSR count). The highest BCUT2D eigenvalue weighted by molar-refractivity contribution is 5.46. The standard InChI is InChI=1S/C21H23F3N6O2/c1-29-15(5-7-31-16-4-2-3-14(9-16)21(22,23)24)10-17(28-29)18-12-30(6-8-32-18)20-11-19(25)26-13-27-20/h2-4,9-11,13,18H,5-8,12H2,1H3,(H2,25,26,27)/t18-/m1/s1. The van der Waals surface area contributed by atoms with E-state index in [2.05, 4.69) is 20.0 Å². The van der Waals surface area contributed by atoms with E-state index in [0.717, 1.165) is 29.3 Å². The lowest BCUT2D eigenvalue weighted by molar-refractivity contribution is -0.137. The summed E-state index contributed by atoms with van der Waals surface area (Å²) in [6.45, 7) is 1.97. The summed E-state index contributed by atoms with van der Waals surface area (Å²) in [6, 6.07) is 8.50. The fourth-order valence-corrected chi connectivity index (χ4v) is 3.53. The average Bonchev–Trinajstić information content (AvgIpc) is 3.14. The van der Waals surface area contributed by atoms with Crippen molar-refractivity contribution in [1.29, 1.82) is 0 Å². The number of benzene rings is 1. The Morgan fingerprint density at radius 3 is 2.84 bits per heavy atom. The second kappa shape index (κ2) is 9.03. The lowest BCUT2D eigenvalue weighted by Crippen LogP contribution is -2.39. The summed E-state index contributed by atoms with van der Waals surface area (Å²) in [4.78, 5) is 10.3. The molecule has 11 heteroatoms. The van der Waals surface area contributed by atoms with Gasteiger partial charge in [0.25, 0.3) is 0 Å². The average molecular weight is 448 g/mol. The van der Waals surface area contributed by atoms with Crippen LogP contribution in [0.15, 0.2) is 42.7 Å². The number of anilines is 2. The van der Waals surface area contributed by atoms with Crippen LogP contribution >= 0.6 is 0 Å². The van der Waals surface area contributed by atoms with E-state index in [4.69, 9.17) is 15.2 Å². The van der Waals surface area contributed by atoms with Crippen molar-refractivity contribution in [3.8, 4) is 5.75 Å². The van der Waals surface area contributed by atoms with Crippen molar-refractivity contribution >= 4 is 11.6 Å². The molecule has 0 bridgehead atoms. The molecular weight excluding hydrogens is 425 g/mol. The second-order valence-electron chi connectivity index (χ2n) is 7.41. The molecule has 0 saturated carbocycles. The van der Waals surface area contributed by atoms with Crippen molar-refractivity contribution < 1.29 is 22.6 Å². The first-order valence-corrected chi connectivity index (χ1v) is 10.1. The van der Waals surface area contributed by atoms with Gasteiger partial charge in [0.1, 0.15) is 29.8 Å². The number of hydrogen-bond donors (Lipinski definition) is 1. The summed E-state index contributed by atoms with van der Waals surface area (Å²) in [5, 5.41) is 4.56. The number of ether oxygens (including phenoxy) is 2. The van der Waals surface area contributed by atoms with E-state index in [1.165, 1.54) is 18.5 Å². The highest BCUT2D eigenvalue weighted by atomic mass is 19.4. The molecule has 8 nitrogen and oxygen atoms in total. The summed E-state index contributed by atoms with van der Waals surface area (Å²) >= 11 is 0. The zero-order chi connectivity index (χ0) is 22.7. The van der Waals surface area contributed by atoms with E-state index in [1.807, 2.05) is 13.1 Å². The third-order valence-electron chi connectivity index (χ3n) is 5.18. The van der Waals surface area contributed by atoms with Crippen molar-refractivity contribution in [2.24, 2.45) is 7.05 Å². The van der Waals surface area contributed by atoms with E-state index in [-0.39, 0.29) is 18.5 Å². The first-order chi connectivity index (χ1) is 15.3. The van der Waals surface area contributed by atoms with Gasteiger partial charge in [-0.2, -0.15) is 18.3 Å². The number of halogens is 3. The largest absolute Gasteiger partial charge is 0.493 e. The van der Waals surface area contributed by atoms with Gasteiger partial charge in [0, 0.05) is 31.8 Å². The van der Waals surface area contributed by atoms with Gasteiger partial charge in [0.2, 0.25) is 0 Å². The third kappa shape index (κ3) is 5.10. The number of nitrogen functional groups attached to an aromatic ring is 1. The Labute approximate surface area is 182 Å². The van der Waals surface area contributed by atoms with Crippen LogP contribution in [-0.4, -0.2) is 46.1 Å². The molecule has 0 unspecified atom stereocenters. The van der Waals surface area contributed by atoms with Gasteiger partial charge < -0.3 is 20.1 Å². The van der Waals surface area contributed by atoms with Gasteiger partial charge in [-0.15, -0.1) is 0 Å². The van der Waals surface area contributed by atoms with Crippen LogP contribution in [0.1, 0.15) is 23.1 Å². The minimum Gasteiger partial charge on any atom is -0.493 e. The quantitative estimate of drug-likeness (QED) is 0.620. The maximum atomic E-state index is 12.8. The maximum Gasteiger partial charge on any atom is 0.416 e. The van der Waals surface area contributed by atoms with Crippen LogP contribution in [0, 0.1) is 0 Å². The maximum absolute atomic E-state index is 12.8. The highest BCUT2D eigenvalue weighted by Crippen LogP contribution is 2.31. The van der Waals surface area contributed by atoms with E-state index >= 15 is 0 Å². The minimum atomic E-state index is -4.40. The number of hydrogen-bond acceptors (Lipinski definition) is 7. The monoisotopic (exact) mass is 448 g/mol. The Morgan fingerprint density at radius 1 is 1.22 bits per heavy atom. The predicted octanol–water partition coefficient (Wildman–Crippen LogP) is 3.01. The molecule has 1 fully saturated rings. The molecule has 2 N–H and O–H groups in total. The summed E-state index contributed by atoms with van der Waals surface area (Å²) in [5.74, 6) is 1.31. The molecule has 170 valence electrons. The van der Waals surface area contributed by atoms with Gasteiger partial charge in [-0.1, -0.05) is 6.07 Å². The molecule has 3 heterocycles. The fraction of sp³-hybridized carbons (Fsp3) is 0.381. The lowest BCUT2D eigenvalue weighted by Gasteiger charge is -2.32. The van der Waals surface area contributed by atoms with Crippen molar-refractivity contribution in [3.05, 3.63) is 59.7 Å². The number of morpholine rings is 1. The highest BCUT2D eigenvalue weighted by Gasteiger charge is 2.30. The second-order valence-corrected chi connectivity index (χ2v) is 7.41.